The summed E-state index contributed by atoms with van der Waals surface area (Å²) in [6, 6.07) is 19.8. The lowest BCUT2D eigenvalue weighted by molar-refractivity contribution is -0.140. The molecule has 3 aromatic rings. The largest absolute Gasteiger partial charge is 0.496 e. The van der Waals surface area contributed by atoms with E-state index in [-0.39, 0.29) is 6.54 Å². The molecule has 1 unspecified atom stereocenters. The number of rotatable bonds is 9. The number of fused-ring (bicyclic) bond motifs is 1. The van der Waals surface area contributed by atoms with Gasteiger partial charge in [0.1, 0.15) is 11.8 Å². The molecule has 3 N–H and O–H groups in total. The second-order valence-electron chi connectivity index (χ2n) is 8.39. The molecule has 33 heavy (non-hydrogen) atoms. The standard InChI is InChI=1S/C27H28ClNO4/c1-33-26-14-19(24(28)13-20(26)15-29-25(16-30)27(31)32)12-18-10-11-23-21(8-5-9-22(18)23)17-6-3-2-4-7-17/h2-9,13-14,18,25,29-30H,10-12,15-16H2,1H3,(H,31,32)/t18-,25?/m1/s1. The Morgan fingerprint density at radius 3 is 2.64 bits per heavy atom. The van der Waals surface area contributed by atoms with Gasteiger partial charge in [-0.05, 0) is 65.1 Å². The summed E-state index contributed by atoms with van der Waals surface area (Å²) in [6.07, 6.45) is 2.92. The summed E-state index contributed by atoms with van der Waals surface area (Å²) in [7, 11) is 1.59. The molecule has 0 aromatic heterocycles. The van der Waals surface area contributed by atoms with Crippen molar-refractivity contribution in [3.05, 3.63) is 87.9 Å². The van der Waals surface area contributed by atoms with Gasteiger partial charge in [-0.1, -0.05) is 60.1 Å². The number of carboxylic acids is 1. The van der Waals surface area contributed by atoms with Gasteiger partial charge in [0.15, 0.2) is 0 Å². The van der Waals surface area contributed by atoms with Gasteiger partial charge in [0.25, 0.3) is 0 Å². The van der Waals surface area contributed by atoms with E-state index in [4.69, 9.17) is 21.4 Å². The molecule has 6 heteroatoms. The highest BCUT2D eigenvalue weighted by Gasteiger charge is 2.26. The van der Waals surface area contributed by atoms with Crippen LogP contribution in [0, 0.1) is 0 Å². The van der Waals surface area contributed by atoms with E-state index in [9.17, 15) is 9.90 Å². The molecule has 0 radical (unpaired) electrons. The van der Waals surface area contributed by atoms with Crippen molar-refractivity contribution in [3.8, 4) is 16.9 Å². The minimum absolute atomic E-state index is 0.230. The number of hydrogen-bond donors (Lipinski definition) is 3. The Labute approximate surface area is 199 Å². The van der Waals surface area contributed by atoms with Gasteiger partial charge < -0.3 is 14.9 Å². The van der Waals surface area contributed by atoms with Gasteiger partial charge in [-0.2, -0.15) is 0 Å². The molecule has 0 fully saturated rings. The Morgan fingerprint density at radius 1 is 1.15 bits per heavy atom. The zero-order chi connectivity index (χ0) is 23.4. The number of hydrogen-bond acceptors (Lipinski definition) is 4. The topological polar surface area (TPSA) is 78.8 Å². The van der Waals surface area contributed by atoms with E-state index in [1.807, 2.05) is 18.2 Å². The Morgan fingerprint density at radius 2 is 1.94 bits per heavy atom. The summed E-state index contributed by atoms with van der Waals surface area (Å²) in [5.41, 5.74) is 7.11. The molecule has 1 aliphatic rings. The van der Waals surface area contributed by atoms with Crippen LogP contribution in [0.3, 0.4) is 0 Å². The van der Waals surface area contributed by atoms with E-state index >= 15 is 0 Å². The molecule has 2 atom stereocenters. The van der Waals surface area contributed by atoms with E-state index in [0.717, 1.165) is 30.4 Å². The minimum atomic E-state index is -1.10. The maximum absolute atomic E-state index is 11.2. The summed E-state index contributed by atoms with van der Waals surface area (Å²) in [4.78, 5) is 11.2. The summed E-state index contributed by atoms with van der Waals surface area (Å²) in [6.45, 7) is -0.261. The molecule has 0 bridgehead atoms. The lowest BCUT2D eigenvalue weighted by atomic mass is 9.91. The normalized spacial score (nSPS) is 15.8. The maximum Gasteiger partial charge on any atom is 0.323 e. The second-order valence-corrected chi connectivity index (χ2v) is 8.80. The molecule has 0 spiro atoms. The molecule has 3 aromatic carbocycles. The van der Waals surface area contributed by atoms with Gasteiger partial charge in [-0.15, -0.1) is 0 Å². The van der Waals surface area contributed by atoms with Crippen molar-refractivity contribution in [2.45, 2.75) is 37.8 Å². The van der Waals surface area contributed by atoms with Crippen LogP contribution in [-0.4, -0.2) is 35.9 Å². The van der Waals surface area contributed by atoms with E-state index < -0.39 is 18.6 Å². The monoisotopic (exact) mass is 465 g/mol. The number of carboxylic acid groups (broad SMARTS) is 1. The van der Waals surface area contributed by atoms with Crippen LogP contribution in [0.2, 0.25) is 5.02 Å². The summed E-state index contributed by atoms with van der Waals surface area (Å²) >= 11 is 6.65. The van der Waals surface area contributed by atoms with Crippen molar-refractivity contribution in [3.63, 3.8) is 0 Å². The van der Waals surface area contributed by atoms with Crippen LogP contribution in [0.15, 0.2) is 60.7 Å². The van der Waals surface area contributed by atoms with Gasteiger partial charge in [0.05, 0.1) is 13.7 Å². The van der Waals surface area contributed by atoms with E-state index in [1.165, 1.54) is 22.3 Å². The highest BCUT2D eigenvalue weighted by Crippen LogP contribution is 2.42. The second kappa shape index (κ2) is 10.4. The summed E-state index contributed by atoms with van der Waals surface area (Å²) in [5.74, 6) is -0.0742. The number of carbonyl (C=O) groups is 1. The maximum atomic E-state index is 11.2. The highest BCUT2D eigenvalue weighted by atomic mass is 35.5. The third-order valence-corrected chi connectivity index (χ3v) is 6.77. The number of aliphatic hydroxyl groups is 1. The molecular weight excluding hydrogens is 438 g/mol. The number of nitrogens with one attached hydrogen (secondary N) is 1. The lowest BCUT2D eigenvalue weighted by Gasteiger charge is -2.18. The zero-order valence-corrected chi connectivity index (χ0v) is 19.3. The third kappa shape index (κ3) is 5.06. The molecule has 0 amide bonds. The molecular formula is C27H28ClNO4. The predicted octanol–water partition coefficient (Wildman–Crippen LogP) is 4.82. The van der Waals surface area contributed by atoms with Crippen LogP contribution in [-0.2, 0) is 24.2 Å². The first-order chi connectivity index (χ1) is 16.0. The number of aliphatic carboxylic acids is 1. The van der Waals surface area contributed by atoms with Gasteiger partial charge in [-0.3, -0.25) is 10.1 Å². The zero-order valence-electron chi connectivity index (χ0n) is 18.6. The first kappa shape index (κ1) is 23.3. The van der Waals surface area contributed by atoms with Crippen LogP contribution in [0.25, 0.3) is 11.1 Å². The highest BCUT2D eigenvalue weighted by molar-refractivity contribution is 6.31. The molecule has 0 saturated carbocycles. The first-order valence-electron chi connectivity index (χ1n) is 11.1. The van der Waals surface area contributed by atoms with Crippen molar-refractivity contribution in [1.29, 1.82) is 0 Å². The lowest BCUT2D eigenvalue weighted by Crippen LogP contribution is -2.39. The number of methoxy groups -OCH3 is 1. The number of benzene rings is 3. The number of halogens is 1. The van der Waals surface area contributed by atoms with Crippen molar-refractivity contribution >= 4 is 17.6 Å². The van der Waals surface area contributed by atoms with Crippen molar-refractivity contribution in [2.75, 3.05) is 13.7 Å². The molecule has 0 saturated heterocycles. The Hall–Kier alpha value is -2.86. The van der Waals surface area contributed by atoms with E-state index in [1.54, 1.807) is 7.11 Å². The van der Waals surface area contributed by atoms with Crippen LogP contribution in [0.1, 0.15) is 34.6 Å². The Kier molecular flexibility index (Phi) is 7.33. The minimum Gasteiger partial charge on any atom is -0.496 e. The van der Waals surface area contributed by atoms with Gasteiger partial charge in [0.2, 0.25) is 0 Å². The number of ether oxygens (including phenoxy) is 1. The molecule has 0 heterocycles. The summed E-state index contributed by atoms with van der Waals surface area (Å²) in [5, 5.41) is 21.8. The fourth-order valence-corrected chi connectivity index (χ4v) is 4.95. The van der Waals surface area contributed by atoms with Crippen LogP contribution in [0.5, 0.6) is 5.75 Å². The smallest absolute Gasteiger partial charge is 0.323 e. The fourth-order valence-electron chi connectivity index (χ4n) is 4.69. The Balaban J connectivity index is 1.56. The van der Waals surface area contributed by atoms with Crippen LogP contribution >= 0.6 is 11.6 Å². The average Bonchev–Trinajstić information content (AvgIpc) is 3.24. The summed E-state index contributed by atoms with van der Waals surface area (Å²) < 4.78 is 5.57. The Bertz CT molecular complexity index is 1130. The SMILES string of the molecule is COc1cc(C[C@H]2CCc3c(-c4ccccc4)cccc32)c(Cl)cc1CNC(CO)C(=O)O. The van der Waals surface area contributed by atoms with Gasteiger partial charge >= 0.3 is 5.97 Å². The molecule has 5 nitrogen and oxygen atoms in total. The molecule has 172 valence electrons. The molecule has 1 aliphatic carbocycles. The van der Waals surface area contributed by atoms with E-state index in [2.05, 4.69) is 47.8 Å². The van der Waals surface area contributed by atoms with Crippen molar-refractivity contribution < 1.29 is 19.7 Å². The van der Waals surface area contributed by atoms with Gasteiger partial charge in [-0.25, -0.2) is 0 Å². The third-order valence-electron chi connectivity index (χ3n) is 6.42. The quantitative estimate of drug-likeness (QED) is 0.422. The van der Waals surface area contributed by atoms with E-state index in [0.29, 0.717) is 16.7 Å². The predicted molar refractivity (Wildman–Crippen MR) is 130 cm³/mol. The van der Waals surface area contributed by atoms with Crippen LogP contribution in [0.4, 0.5) is 0 Å². The van der Waals surface area contributed by atoms with Gasteiger partial charge in [0, 0.05) is 17.1 Å². The first-order valence-corrected chi connectivity index (χ1v) is 11.5. The molecule has 0 aliphatic heterocycles. The van der Waals surface area contributed by atoms with Crippen LogP contribution < -0.4 is 10.1 Å². The molecule has 4 rings (SSSR count). The van der Waals surface area contributed by atoms with Crippen molar-refractivity contribution in [1.82, 2.24) is 5.32 Å². The van der Waals surface area contributed by atoms with Crippen molar-refractivity contribution in [2.24, 2.45) is 0 Å². The number of aliphatic hydroxyl groups excluding tert-OH is 1. The average molecular weight is 466 g/mol. The fraction of sp³-hybridized carbons (Fsp3) is 0.296.